The van der Waals surface area contributed by atoms with Crippen molar-refractivity contribution in [3.63, 3.8) is 0 Å². The molecule has 1 unspecified atom stereocenters. The summed E-state index contributed by atoms with van der Waals surface area (Å²) in [5.41, 5.74) is 1.28. The standard InChI is InChI=1S/C12H15N3O3/c1-7-2-3-8(4-10(7)16)15-12(18)9-5-14-11(17)6-13-9/h2-4,9,13,16H,5-6H2,1H3,(H,14,17)(H,15,18). The molecule has 1 aliphatic rings. The molecule has 96 valence electrons. The van der Waals surface area contributed by atoms with Gasteiger partial charge in [0.15, 0.2) is 0 Å². The predicted octanol–water partition coefficient (Wildman–Crippen LogP) is -0.273. The van der Waals surface area contributed by atoms with Crippen molar-refractivity contribution < 1.29 is 14.7 Å². The third-order valence-electron chi connectivity index (χ3n) is 2.81. The summed E-state index contributed by atoms with van der Waals surface area (Å²) in [6.07, 6.45) is 0. The molecule has 4 N–H and O–H groups in total. The normalized spacial score (nSPS) is 19.2. The molecule has 6 heteroatoms. The lowest BCUT2D eigenvalue weighted by molar-refractivity contribution is -0.124. The second-order valence-corrected chi connectivity index (χ2v) is 4.23. The van der Waals surface area contributed by atoms with Crippen LogP contribution in [0.4, 0.5) is 5.69 Å². The zero-order valence-electron chi connectivity index (χ0n) is 9.99. The Labute approximate surface area is 104 Å². The van der Waals surface area contributed by atoms with Crippen molar-refractivity contribution in [1.29, 1.82) is 0 Å². The predicted molar refractivity (Wildman–Crippen MR) is 66.3 cm³/mol. The molecule has 1 aromatic carbocycles. The van der Waals surface area contributed by atoms with Crippen molar-refractivity contribution in [2.24, 2.45) is 0 Å². The summed E-state index contributed by atoms with van der Waals surface area (Å²) in [6.45, 7) is 2.18. The maximum absolute atomic E-state index is 11.9. The van der Waals surface area contributed by atoms with Gasteiger partial charge in [0.05, 0.1) is 6.54 Å². The molecule has 18 heavy (non-hydrogen) atoms. The lowest BCUT2D eigenvalue weighted by atomic mass is 10.2. The highest BCUT2D eigenvalue weighted by atomic mass is 16.3. The molecule has 1 fully saturated rings. The van der Waals surface area contributed by atoms with Crippen LogP contribution >= 0.6 is 0 Å². The Balaban J connectivity index is 1.98. The Bertz CT molecular complexity index is 477. The first-order valence-electron chi connectivity index (χ1n) is 5.67. The smallest absolute Gasteiger partial charge is 0.243 e. The fraction of sp³-hybridized carbons (Fsp3) is 0.333. The second-order valence-electron chi connectivity index (χ2n) is 4.23. The van der Waals surface area contributed by atoms with E-state index in [9.17, 15) is 14.7 Å². The summed E-state index contributed by atoms with van der Waals surface area (Å²) >= 11 is 0. The highest BCUT2D eigenvalue weighted by Crippen LogP contribution is 2.20. The molecule has 0 radical (unpaired) electrons. The number of benzene rings is 1. The van der Waals surface area contributed by atoms with E-state index < -0.39 is 6.04 Å². The summed E-state index contributed by atoms with van der Waals surface area (Å²) in [7, 11) is 0. The number of carbonyl (C=O) groups is 2. The number of phenolic OH excluding ortho intramolecular Hbond substituents is 1. The number of hydrogen-bond acceptors (Lipinski definition) is 4. The molecule has 1 atom stereocenters. The van der Waals surface area contributed by atoms with Gasteiger partial charge < -0.3 is 15.7 Å². The second kappa shape index (κ2) is 5.05. The van der Waals surface area contributed by atoms with Crippen molar-refractivity contribution in [3.8, 4) is 5.75 Å². The van der Waals surface area contributed by atoms with E-state index in [-0.39, 0.29) is 30.7 Å². The Kier molecular flexibility index (Phi) is 3.47. The van der Waals surface area contributed by atoms with Crippen LogP contribution in [-0.4, -0.2) is 36.1 Å². The van der Waals surface area contributed by atoms with Crippen LogP contribution in [0.5, 0.6) is 5.75 Å². The number of phenols is 1. The number of carbonyl (C=O) groups excluding carboxylic acids is 2. The maximum atomic E-state index is 11.9. The van der Waals surface area contributed by atoms with Gasteiger partial charge in [-0.15, -0.1) is 0 Å². The average Bonchev–Trinajstić information content (AvgIpc) is 2.34. The molecule has 6 nitrogen and oxygen atoms in total. The van der Waals surface area contributed by atoms with Crippen LogP contribution < -0.4 is 16.0 Å². The largest absolute Gasteiger partial charge is 0.508 e. The number of aromatic hydroxyl groups is 1. The minimum atomic E-state index is -0.453. The van der Waals surface area contributed by atoms with Crippen LogP contribution in [0.25, 0.3) is 0 Å². The van der Waals surface area contributed by atoms with Gasteiger partial charge in [-0.3, -0.25) is 14.9 Å². The molecule has 1 heterocycles. The van der Waals surface area contributed by atoms with E-state index >= 15 is 0 Å². The van der Waals surface area contributed by atoms with Gasteiger partial charge in [0.2, 0.25) is 11.8 Å². The molecule has 1 saturated heterocycles. The lowest BCUT2D eigenvalue weighted by Gasteiger charge is -2.23. The number of amides is 2. The van der Waals surface area contributed by atoms with Crippen LogP contribution in [0, 0.1) is 6.92 Å². The Morgan fingerprint density at radius 3 is 2.89 bits per heavy atom. The van der Waals surface area contributed by atoms with Gasteiger partial charge >= 0.3 is 0 Å². The molecule has 2 rings (SSSR count). The number of anilines is 1. The quantitative estimate of drug-likeness (QED) is 0.580. The van der Waals surface area contributed by atoms with Gasteiger partial charge in [-0.25, -0.2) is 0 Å². The van der Waals surface area contributed by atoms with Gasteiger partial charge in [0.25, 0.3) is 0 Å². The molecular weight excluding hydrogens is 234 g/mol. The first-order chi connectivity index (χ1) is 8.56. The molecule has 0 aromatic heterocycles. The van der Waals surface area contributed by atoms with E-state index in [0.29, 0.717) is 5.69 Å². The maximum Gasteiger partial charge on any atom is 0.243 e. The monoisotopic (exact) mass is 249 g/mol. The van der Waals surface area contributed by atoms with Gasteiger partial charge in [0, 0.05) is 18.3 Å². The highest BCUT2D eigenvalue weighted by molar-refractivity contribution is 5.96. The summed E-state index contributed by atoms with van der Waals surface area (Å²) < 4.78 is 0. The minimum Gasteiger partial charge on any atom is -0.508 e. The third kappa shape index (κ3) is 2.78. The molecule has 1 aliphatic heterocycles. The van der Waals surface area contributed by atoms with Gasteiger partial charge in [0.1, 0.15) is 11.8 Å². The van der Waals surface area contributed by atoms with Crippen molar-refractivity contribution in [2.45, 2.75) is 13.0 Å². The van der Waals surface area contributed by atoms with Crippen LogP contribution in [0.2, 0.25) is 0 Å². The van der Waals surface area contributed by atoms with Crippen molar-refractivity contribution >= 4 is 17.5 Å². The van der Waals surface area contributed by atoms with Crippen LogP contribution in [-0.2, 0) is 9.59 Å². The van der Waals surface area contributed by atoms with E-state index in [1.165, 1.54) is 6.07 Å². The van der Waals surface area contributed by atoms with Crippen molar-refractivity contribution in [3.05, 3.63) is 23.8 Å². The zero-order valence-corrected chi connectivity index (χ0v) is 9.99. The molecule has 0 bridgehead atoms. The number of rotatable bonds is 2. The SMILES string of the molecule is Cc1ccc(NC(=O)C2CNC(=O)CN2)cc1O. The number of aryl methyl sites for hydroxylation is 1. The van der Waals surface area contributed by atoms with Crippen molar-refractivity contribution in [1.82, 2.24) is 10.6 Å². The number of hydrogen-bond donors (Lipinski definition) is 4. The topological polar surface area (TPSA) is 90.5 Å². The fourth-order valence-electron chi connectivity index (χ4n) is 1.67. The van der Waals surface area contributed by atoms with E-state index in [4.69, 9.17) is 0 Å². The Morgan fingerprint density at radius 2 is 2.28 bits per heavy atom. The molecule has 0 spiro atoms. The molecule has 1 aromatic rings. The fourth-order valence-corrected chi connectivity index (χ4v) is 1.67. The minimum absolute atomic E-state index is 0.118. The first kappa shape index (κ1) is 12.4. The van der Waals surface area contributed by atoms with E-state index in [2.05, 4.69) is 16.0 Å². The zero-order chi connectivity index (χ0) is 13.1. The summed E-state index contributed by atoms with van der Waals surface area (Å²) in [6, 6.07) is 4.48. The van der Waals surface area contributed by atoms with Crippen LogP contribution in [0.1, 0.15) is 5.56 Å². The van der Waals surface area contributed by atoms with Gasteiger partial charge in [-0.2, -0.15) is 0 Å². The van der Waals surface area contributed by atoms with Crippen LogP contribution in [0.3, 0.4) is 0 Å². The van der Waals surface area contributed by atoms with E-state index in [1.807, 2.05) is 0 Å². The van der Waals surface area contributed by atoms with Crippen molar-refractivity contribution in [2.75, 3.05) is 18.4 Å². The molecule has 2 amide bonds. The van der Waals surface area contributed by atoms with Gasteiger partial charge in [-0.1, -0.05) is 6.07 Å². The number of piperazine rings is 1. The lowest BCUT2D eigenvalue weighted by Crippen LogP contribution is -2.56. The van der Waals surface area contributed by atoms with Crippen LogP contribution in [0.15, 0.2) is 18.2 Å². The molecule has 0 aliphatic carbocycles. The Morgan fingerprint density at radius 1 is 1.50 bits per heavy atom. The van der Waals surface area contributed by atoms with Gasteiger partial charge in [-0.05, 0) is 18.6 Å². The third-order valence-corrected chi connectivity index (χ3v) is 2.81. The molecule has 0 saturated carbocycles. The Hall–Kier alpha value is -2.08. The summed E-state index contributed by atoms with van der Waals surface area (Å²) in [5, 5.41) is 17.7. The van der Waals surface area contributed by atoms with E-state index in [1.54, 1.807) is 19.1 Å². The highest BCUT2D eigenvalue weighted by Gasteiger charge is 2.23. The summed E-state index contributed by atoms with van der Waals surface area (Å²) in [5.74, 6) is -0.219. The van der Waals surface area contributed by atoms with E-state index in [0.717, 1.165) is 5.56 Å². The molecular formula is C12H15N3O3. The number of nitrogens with one attached hydrogen (secondary N) is 3. The first-order valence-corrected chi connectivity index (χ1v) is 5.67. The average molecular weight is 249 g/mol. The summed E-state index contributed by atoms with van der Waals surface area (Å²) in [4.78, 5) is 22.8.